The maximum absolute atomic E-state index is 12.0. The lowest BCUT2D eigenvalue weighted by Crippen LogP contribution is -2.47. The number of hydrogen-bond donors (Lipinski definition) is 1. The van der Waals surface area contributed by atoms with Gasteiger partial charge in [-0.05, 0) is 11.6 Å². The molecule has 1 atom stereocenters. The Bertz CT molecular complexity index is 364. The van der Waals surface area contributed by atoms with E-state index in [1.165, 1.54) is 0 Å². The van der Waals surface area contributed by atoms with Crippen LogP contribution in [0, 0.1) is 0 Å². The molecule has 106 valence electrons. The monoisotopic (exact) mass is 271 g/mol. The van der Waals surface area contributed by atoms with E-state index in [1.54, 1.807) is 6.20 Å². The molecule has 2 rings (SSSR count). The van der Waals surface area contributed by atoms with Gasteiger partial charge in [-0.15, -0.1) is 0 Å². The van der Waals surface area contributed by atoms with Gasteiger partial charge < -0.3 is 10.1 Å². The van der Waals surface area contributed by atoms with E-state index in [9.17, 15) is 8.78 Å². The average molecular weight is 271 g/mol. The van der Waals surface area contributed by atoms with Crippen LogP contribution < -0.4 is 5.32 Å². The van der Waals surface area contributed by atoms with E-state index in [-0.39, 0.29) is 6.04 Å². The van der Waals surface area contributed by atoms with Crippen LogP contribution in [0.3, 0.4) is 0 Å². The van der Waals surface area contributed by atoms with Crippen LogP contribution in [0.15, 0.2) is 24.5 Å². The van der Waals surface area contributed by atoms with Crippen LogP contribution in [0.25, 0.3) is 0 Å². The number of aromatic nitrogens is 1. The molecule has 1 aromatic heterocycles. The van der Waals surface area contributed by atoms with Gasteiger partial charge in [0, 0.05) is 44.6 Å². The Labute approximate surface area is 111 Å². The summed E-state index contributed by atoms with van der Waals surface area (Å²) in [4.78, 5) is 6.38. The molecule has 1 N–H and O–H groups in total. The lowest BCUT2D eigenvalue weighted by molar-refractivity contribution is 0.00368. The van der Waals surface area contributed by atoms with Crippen molar-refractivity contribution in [1.82, 2.24) is 15.2 Å². The van der Waals surface area contributed by atoms with Crippen molar-refractivity contribution in [2.45, 2.75) is 12.5 Å². The number of piperazine rings is 1. The summed E-state index contributed by atoms with van der Waals surface area (Å²) < 4.78 is 28.9. The largest absolute Gasteiger partial charge is 0.374 e. The van der Waals surface area contributed by atoms with Gasteiger partial charge in [0.15, 0.2) is 0 Å². The molecule has 0 spiro atoms. The third kappa shape index (κ3) is 4.49. The Balaban J connectivity index is 1.86. The van der Waals surface area contributed by atoms with E-state index in [0.29, 0.717) is 13.2 Å². The third-order valence-electron chi connectivity index (χ3n) is 3.19. The topological polar surface area (TPSA) is 37.4 Å². The smallest absolute Gasteiger partial charge is 0.261 e. The fraction of sp³-hybridized carbons (Fsp3) is 0.615. The summed E-state index contributed by atoms with van der Waals surface area (Å²) >= 11 is 0. The number of ether oxygens (including phenoxy) is 1. The molecule has 0 bridgehead atoms. The van der Waals surface area contributed by atoms with Gasteiger partial charge in [-0.3, -0.25) is 9.88 Å². The highest BCUT2D eigenvalue weighted by Gasteiger charge is 2.23. The van der Waals surface area contributed by atoms with Crippen LogP contribution in [0.5, 0.6) is 0 Å². The summed E-state index contributed by atoms with van der Waals surface area (Å²) in [6.45, 7) is 3.16. The molecule has 0 saturated carbocycles. The zero-order valence-corrected chi connectivity index (χ0v) is 10.8. The molecule has 6 heteroatoms. The second-order valence-corrected chi connectivity index (χ2v) is 4.51. The van der Waals surface area contributed by atoms with Crippen molar-refractivity contribution >= 4 is 0 Å². The Morgan fingerprint density at radius 3 is 3.16 bits per heavy atom. The predicted octanol–water partition coefficient (Wildman–Crippen LogP) is 1.31. The van der Waals surface area contributed by atoms with Gasteiger partial charge in [0.25, 0.3) is 6.43 Å². The molecule has 0 amide bonds. The fourth-order valence-corrected chi connectivity index (χ4v) is 2.27. The van der Waals surface area contributed by atoms with Gasteiger partial charge >= 0.3 is 0 Å². The summed E-state index contributed by atoms with van der Waals surface area (Å²) in [6, 6.07) is 4.19. The van der Waals surface area contributed by atoms with E-state index in [1.807, 2.05) is 18.3 Å². The zero-order valence-electron chi connectivity index (χ0n) is 10.8. The van der Waals surface area contributed by atoms with Crippen LogP contribution in [0.1, 0.15) is 11.6 Å². The number of alkyl halides is 2. The summed E-state index contributed by atoms with van der Waals surface area (Å²) in [5.41, 5.74) is 1.14. The quantitative estimate of drug-likeness (QED) is 0.792. The molecule has 1 aliphatic rings. The summed E-state index contributed by atoms with van der Waals surface area (Å²) in [5, 5.41) is 3.34. The van der Waals surface area contributed by atoms with E-state index < -0.39 is 13.0 Å². The highest BCUT2D eigenvalue weighted by Crippen LogP contribution is 2.20. The van der Waals surface area contributed by atoms with Gasteiger partial charge in [-0.2, -0.15) is 0 Å². The normalized spacial score (nSPS) is 20.9. The highest BCUT2D eigenvalue weighted by atomic mass is 19.3. The fourth-order valence-electron chi connectivity index (χ4n) is 2.27. The molecular weight excluding hydrogens is 252 g/mol. The van der Waals surface area contributed by atoms with E-state index in [4.69, 9.17) is 4.74 Å². The van der Waals surface area contributed by atoms with Crippen molar-refractivity contribution in [2.75, 3.05) is 39.4 Å². The molecule has 0 aromatic carbocycles. The number of nitrogens with zero attached hydrogens (tertiary/aromatic N) is 2. The number of halogens is 2. The van der Waals surface area contributed by atoms with Crippen LogP contribution in [-0.2, 0) is 4.74 Å². The second kappa shape index (κ2) is 7.47. The molecule has 0 radical (unpaired) electrons. The Hall–Kier alpha value is -1.11. The first kappa shape index (κ1) is 14.3. The average Bonchev–Trinajstić information content (AvgIpc) is 2.45. The van der Waals surface area contributed by atoms with Crippen LogP contribution in [-0.4, -0.2) is 55.7 Å². The van der Waals surface area contributed by atoms with E-state index >= 15 is 0 Å². The first-order chi connectivity index (χ1) is 9.27. The number of rotatable bonds is 6. The molecular formula is C13H19F2N3O. The maximum atomic E-state index is 12.0. The lowest BCUT2D eigenvalue weighted by Gasteiger charge is -2.36. The van der Waals surface area contributed by atoms with Crippen LogP contribution in [0.2, 0.25) is 0 Å². The first-order valence-electron chi connectivity index (χ1n) is 6.48. The van der Waals surface area contributed by atoms with Gasteiger partial charge in [-0.1, -0.05) is 6.07 Å². The molecule has 4 nitrogen and oxygen atoms in total. The Morgan fingerprint density at radius 1 is 1.53 bits per heavy atom. The zero-order chi connectivity index (χ0) is 13.5. The molecule has 1 unspecified atom stereocenters. The summed E-state index contributed by atoms with van der Waals surface area (Å²) in [7, 11) is 0. The number of nitrogens with one attached hydrogen (secondary N) is 1. The van der Waals surface area contributed by atoms with Crippen molar-refractivity contribution in [1.29, 1.82) is 0 Å². The highest BCUT2D eigenvalue weighted by molar-refractivity contribution is 5.15. The molecule has 1 aromatic rings. The Kier molecular flexibility index (Phi) is 5.62. The summed E-state index contributed by atoms with van der Waals surface area (Å²) in [5.74, 6) is 0. The SMILES string of the molecule is FC(F)COCCN1CCNCC1c1cccnc1. The molecule has 19 heavy (non-hydrogen) atoms. The van der Waals surface area contributed by atoms with Gasteiger partial charge in [0.1, 0.15) is 6.61 Å². The molecule has 0 aliphatic carbocycles. The van der Waals surface area contributed by atoms with E-state index in [0.717, 1.165) is 25.2 Å². The van der Waals surface area contributed by atoms with Crippen molar-refractivity contribution in [3.63, 3.8) is 0 Å². The first-order valence-corrected chi connectivity index (χ1v) is 6.48. The number of hydrogen-bond acceptors (Lipinski definition) is 4. The van der Waals surface area contributed by atoms with Gasteiger partial charge in [0.2, 0.25) is 0 Å². The van der Waals surface area contributed by atoms with Crippen molar-refractivity contribution < 1.29 is 13.5 Å². The molecule has 2 heterocycles. The molecule has 1 aliphatic heterocycles. The van der Waals surface area contributed by atoms with Crippen molar-refractivity contribution in [3.8, 4) is 0 Å². The number of pyridine rings is 1. The minimum absolute atomic E-state index is 0.234. The van der Waals surface area contributed by atoms with Gasteiger partial charge in [-0.25, -0.2) is 8.78 Å². The minimum Gasteiger partial charge on any atom is -0.374 e. The standard InChI is InChI=1S/C13H19F2N3O/c14-13(15)10-19-7-6-18-5-4-17-9-12(18)11-2-1-3-16-8-11/h1-3,8,12-13,17H,4-7,9-10H2. The lowest BCUT2D eigenvalue weighted by atomic mass is 10.1. The van der Waals surface area contributed by atoms with E-state index in [2.05, 4.69) is 15.2 Å². The molecule has 1 fully saturated rings. The van der Waals surface area contributed by atoms with Crippen molar-refractivity contribution in [3.05, 3.63) is 30.1 Å². The minimum atomic E-state index is -2.39. The van der Waals surface area contributed by atoms with Crippen LogP contribution >= 0.6 is 0 Å². The third-order valence-corrected chi connectivity index (χ3v) is 3.19. The van der Waals surface area contributed by atoms with Crippen LogP contribution in [0.4, 0.5) is 8.78 Å². The van der Waals surface area contributed by atoms with Crippen molar-refractivity contribution in [2.24, 2.45) is 0 Å². The second-order valence-electron chi connectivity index (χ2n) is 4.51. The maximum Gasteiger partial charge on any atom is 0.261 e. The predicted molar refractivity (Wildman–Crippen MR) is 68.2 cm³/mol. The van der Waals surface area contributed by atoms with Gasteiger partial charge in [0.05, 0.1) is 6.61 Å². The summed E-state index contributed by atoms with van der Waals surface area (Å²) in [6.07, 6.45) is 1.21. The Morgan fingerprint density at radius 2 is 2.42 bits per heavy atom. The molecule has 1 saturated heterocycles.